The summed E-state index contributed by atoms with van der Waals surface area (Å²) in [6.07, 6.45) is 0. The predicted octanol–water partition coefficient (Wildman–Crippen LogP) is 0.00160. The molecule has 0 fully saturated rings. The van der Waals surface area contributed by atoms with Gasteiger partial charge >= 0.3 is 5.97 Å². The van der Waals surface area contributed by atoms with Gasteiger partial charge in [0, 0.05) is 14.1 Å². The maximum Gasteiger partial charge on any atom is 0.325 e. The second-order valence-corrected chi connectivity index (χ2v) is 5.35. The van der Waals surface area contributed by atoms with Crippen LogP contribution in [-0.2, 0) is 16.1 Å². The SMILES string of the molecule is COc1ccccc1C(=O)NCC(=O)OCc1nc(N)nc(N(C)C)n1. The number of rotatable bonds is 7. The first-order chi connectivity index (χ1) is 12.4. The van der Waals surface area contributed by atoms with Crippen molar-refractivity contribution < 1.29 is 19.1 Å². The maximum atomic E-state index is 12.1. The molecular weight excluding hydrogens is 340 g/mol. The Bertz CT molecular complexity index is 796. The lowest BCUT2D eigenvalue weighted by molar-refractivity contribution is -0.143. The summed E-state index contributed by atoms with van der Waals surface area (Å²) in [4.78, 5) is 37.5. The van der Waals surface area contributed by atoms with Gasteiger partial charge in [0.25, 0.3) is 5.91 Å². The molecule has 10 heteroatoms. The number of ether oxygens (including phenoxy) is 2. The Morgan fingerprint density at radius 2 is 1.92 bits per heavy atom. The van der Waals surface area contributed by atoms with Gasteiger partial charge in [-0.25, -0.2) is 0 Å². The molecule has 0 atom stereocenters. The van der Waals surface area contributed by atoms with Gasteiger partial charge in [0.1, 0.15) is 12.3 Å². The number of para-hydroxylation sites is 1. The molecular formula is C16H20N6O4. The van der Waals surface area contributed by atoms with E-state index in [1.807, 2.05) is 0 Å². The van der Waals surface area contributed by atoms with Crippen molar-refractivity contribution in [3.63, 3.8) is 0 Å². The van der Waals surface area contributed by atoms with Crippen LogP contribution in [0.2, 0.25) is 0 Å². The molecule has 26 heavy (non-hydrogen) atoms. The molecule has 0 saturated heterocycles. The van der Waals surface area contributed by atoms with Crippen LogP contribution in [0.1, 0.15) is 16.2 Å². The Morgan fingerprint density at radius 1 is 1.19 bits per heavy atom. The topological polar surface area (TPSA) is 133 Å². The zero-order chi connectivity index (χ0) is 19.1. The number of amides is 1. The first kappa shape index (κ1) is 18.9. The number of methoxy groups -OCH3 is 1. The minimum Gasteiger partial charge on any atom is -0.496 e. The summed E-state index contributed by atoms with van der Waals surface area (Å²) >= 11 is 0. The average Bonchev–Trinajstić information content (AvgIpc) is 2.63. The Balaban J connectivity index is 1.89. The summed E-state index contributed by atoms with van der Waals surface area (Å²) in [6, 6.07) is 6.69. The molecule has 0 saturated carbocycles. The molecule has 0 aliphatic rings. The Hall–Kier alpha value is -3.43. The van der Waals surface area contributed by atoms with Gasteiger partial charge in [0.2, 0.25) is 11.9 Å². The summed E-state index contributed by atoms with van der Waals surface area (Å²) in [5.41, 5.74) is 5.92. The quantitative estimate of drug-likeness (QED) is 0.655. The van der Waals surface area contributed by atoms with Crippen LogP contribution in [0.3, 0.4) is 0 Å². The molecule has 1 aromatic carbocycles. The van der Waals surface area contributed by atoms with E-state index in [-0.39, 0.29) is 24.9 Å². The first-order valence-electron chi connectivity index (χ1n) is 7.65. The summed E-state index contributed by atoms with van der Waals surface area (Å²) in [6.45, 7) is -0.491. The smallest absolute Gasteiger partial charge is 0.325 e. The van der Waals surface area contributed by atoms with E-state index in [4.69, 9.17) is 15.2 Å². The number of nitrogens with one attached hydrogen (secondary N) is 1. The lowest BCUT2D eigenvalue weighted by atomic mass is 10.2. The van der Waals surface area contributed by atoms with Gasteiger partial charge in [-0.05, 0) is 12.1 Å². The molecule has 2 aromatic rings. The number of esters is 1. The van der Waals surface area contributed by atoms with Gasteiger partial charge in [-0.1, -0.05) is 12.1 Å². The number of hydrogen-bond acceptors (Lipinski definition) is 9. The van der Waals surface area contributed by atoms with Crippen LogP contribution in [-0.4, -0.2) is 54.6 Å². The predicted molar refractivity (Wildman–Crippen MR) is 93.7 cm³/mol. The number of anilines is 2. The Morgan fingerprint density at radius 3 is 2.62 bits per heavy atom. The third-order valence-electron chi connectivity index (χ3n) is 3.19. The van der Waals surface area contributed by atoms with E-state index >= 15 is 0 Å². The largest absolute Gasteiger partial charge is 0.496 e. The Labute approximate surface area is 150 Å². The molecule has 138 valence electrons. The van der Waals surface area contributed by atoms with Gasteiger partial charge in [0.15, 0.2) is 12.4 Å². The normalized spacial score (nSPS) is 10.1. The van der Waals surface area contributed by atoms with Crippen LogP contribution in [0.15, 0.2) is 24.3 Å². The second-order valence-electron chi connectivity index (χ2n) is 5.35. The summed E-state index contributed by atoms with van der Waals surface area (Å²) in [7, 11) is 4.96. The van der Waals surface area contributed by atoms with E-state index in [9.17, 15) is 9.59 Å². The van der Waals surface area contributed by atoms with Crippen molar-refractivity contribution in [3.05, 3.63) is 35.7 Å². The van der Waals surface area contributed by atoms with Crippen molar-refractivity contribution in [2.75, 3.05) is 38.4 Å². The molecule has 1 aromatic heterocycles. The van der Waals surface area contributed by atoms with Crippen molar-refractivity contribution in [1.29, 1.82) is 0 Å². The third kappa shape index (κ3) is 5.03. The van der Waals surface area contributed by atoms with E-state index in [0.717, 1.165) is 0 Å². The molecule has 0 aliphatic heterocycles. The van der Waals surface area contributed by atoms with Crippen LogP contribution in [0.25, 0.3) is 0 Å². The molecule has 0 radical (unpaired) electrons. The summed E-state index contributed by atoms with van der Waals surface area (Å²) in [5.74, 6) is -0.0783. The highest BCUT2D eigenvalue weighted by Gasteiger charge is 2.14. The number of carbonyl (C=O) groups is 2. The van der Waals surface area contributed by atoms with Crippen LogP contribution < -0.4 is 20.7 Å². The standard InChI is InChI=1S/C16H20N6O4/c1-22(2)16-20-12(19-15(17)21-16)9-26-13(23)8-18-14(24)10-6-4-5-7-11(10)25-3/h4-7H,8-9H2,1-3H3,(H,18,24)(H2,17,19,20,21). The number of hydrogen-bond donors (Lipinski definition) is 2. The van der Waals surface area contributed by atoms with E-state index in [2.05, 4.69) is 20.3 Å². The molecule has 1 heterocycles. The molecule has 2 rings (SSSR count). The van der Waals surface area contributed by atoms with Crippen LogP contribution in [0.4, 0.5) is 11.9 Å². The molecule has 0 unspecified atom stereocenters. The maximum absolute atomic E-state index is 12.1. The van der Waals surface area contributed by atoms with Gasteiger partial charge < -0.3 is 25.4 Å². The van der Waals surface area contributed by atoms with E-state index in [1.165, 1.54) is 7.11 Å². The lowest BCUT2D eigenvalue weighted by Crippen LogP contribution is -2.31. The van der Waals surface area contributed by atoms with Crippen LogP contribution in [0.5, 0.6) is 5.75 Å². The number of nitrogens with zero attached hydrogens (tertiary/aromatic N) is 4. The minimum absolute atomic E-state index is 0.0271. The fourth-order valence-corrected chi connectivity index (χ4v) is 1.97. The summed E-state index contributed by atoms with van der Waals surface area (Å²) in [5, 5.41) is 2.47. The number of nitrogen functional groups attached to an aromatic ring is 1. The highest BCUT2D eigenvalue weighted by atomic mass is 16.5. The molecule has 3 N–H and O–H groups in total. The first-order valence-corrected chi connectivity index (χ1v) is 7.65. The summed E-state index contributed by atoms with van der Waals surface area (Å²) < 4.78 is 10.2. The van der Waals surface area contributed by atoms with Crippen molar-refractivity contribution in [3.8, 4) is 5.75 Å². The number of benzene rings is 1. The fourth-order valence-electron chi connectivity index (χ4n) is 1.97. The third-order valence-corrected chi connectivity index (χ3v) is 3.19. The second kappa shape index (κ2) is 8.60. The molecule has 0 bridgehead atoms. The Kier molecular flexibility index (Phi) is 6.25. The molecule has 0 spiro atoms. The van der Waals surface area contributed by atoms with E-state index < -0.39 is 11.9 Å². The van der Waals surface area contributed by atoms with Crippen molar-refractivity contribution in [2.45, 2.75) is 6.61 Å². The molecule has 10 nitrogen and oxygen atoms in total. The van der Waals surface area contributed by atoms with Gasteiger partial charge in [-0.3, -0.25) is 9.59 Å². The van der Waals surface area contributed by atoms with E-state index in [0.29, 0.717) is 17.3 Å². The lowest BCUT2D eigenvalue weighted by Gasteiger charge is -2.12. The van der Waals surface area contributed by atoms with E-state index in [1.54, 1.807) is 43.3 Å². The molecule has 1 amide bonds. The number of nitrogens with two attached hydrogens (primary N) is 1. The zero-order valence-electron chi connectivity index (χ0n) is 14.7. The number of aromatic nitrogens is 3. The average molecular weight is 360 g/mol. The number of carbonyl (C=O) groups excluding carboxylic acids is 2. The van der Waals surface area contributed by atoms with Gasteiger partial charge in [-0.15, -0.1) is 0 Å². The minimum atomic E-state index is -0.640. The van der Waals surface area contributed by atoms with Crippen LogP contribution >= 0.6 is 0 Å². The van der Waals surface area contributed by atoms with Crippen molar-refractivity contribution in [2.24, 2.45) is 0 Å². The van der Waals surface area contributed by atoms with Crippen LogP contribution in [0, 0.1) is 0 Å². The van der Waals surface area contributed by atoms with Crippen molar-refractivity contribution in [1.82, 2.24) is 20.3 Å². The fraction of sp³-hybridized carbons (Fsp3) is 0.312. The van der Waals surface area contributed by atoms with Gasteiger partial charge in [0.05, 0.1) is 12.7 Å². The highest BCUT2D eigenvalue weighted by Crippen LogP contribution is 2.16. The molecule has 0 aliphatic carbocycles. The monoisotopic (exact) mass is 360 g/mol. The zero-order valence-corrected chi connectivity index (χ0v) is 14.7. The highest BCUT2D eigenvalue weighted by molar-refractivity contribution is 5.98. The van der Waals surface area contributed by atoms with Gasteiger partial charge in [-0.2, -0.15) is 15.0 Å². The van der Waals surface area contributed by atoms with Crippen molar-refractivity contribution >= 4 is 23.8 Å².